The van der Waals surface area contributed by atoms with Crippen molar-refractivity contribution in [2.45, 2.75) is 4.90 Å². The van der Waals surface area contributed by atoms with Crippen molar-refractivity contribution < 1.29 is 8.95 Å². The second kappa shape index (κ2) is 3.27. The van der Waals surface area contributed by atoms with E-state index in [4.69, 9.17) is 4.74 Å². The molecule has 0 amide bonds. The molecular formula is C9H14O2S. The second-order valence-corrected chi connectivity index (χ2v) is 6.21. The molecule has 0 heterocycles. The predicted octanol–water partition coefficient (Wildman–Crippen LogP) is 1.33. The van der Waals surface area contributed by atoms with Crippen LogP contribution >= 0.6 is 0 Å². The Morgan fingerprint density at radius 2 is 1.83 bits per heavy atom. The minimum Gasteiger partial charge on any atom is -0.496 e. The van der Waals surface area contributed by atoms with Crippen molar-refractivity contribution in [2.75, 3.05) is 19.6 Å². The lowest BCUT2D eigenvalue weighted by Gasteiger charge is -2.15. The first-order valence-electron chi connectivity index (χ1n) is 3.74. The molecule has 0 atom stereocenters. The molecule has 12 heavy (non-hydrogen) atoms. The summed E-state index contributed by atoms with van der Waals surface area (Å²) in [5.41, 5.74) is 0. The lowest BCUT2D eigenvalue weighted by molar-refractivity contribution is 0.404. The van der Waals surface area contributed by atoms with E-state index in [-0.39, 0.29) is 0 Å². The Balaban J connectivity index is 3.23. The summed E-state index contributed by atoms with van der Waals surface area (Å²) in [6.45, 7) is 0. The minimum atomic E-state index is -2.20. The zero-order chi connectivity index (χ0) is 9.19. The average Bonchev–Trinajstić information content (AvgIpc) is 2.03. The first-order chi connectivity index (χ1) is 5.55. The highest BCUT2D eigenvalue weighted by Crippen LogP contribution is 2.25. The molecule has 0 aliphatic carbocycles. The van der Waals surface area contributed by atoms with Gasteiger partial charge in [-0.15, -0.1) is 0 Å². The number of ether oxygens (including phenoxy) is 1. The van der Waals surface area contributed by atoms with Crippen LogP contribution in [-0.2, 0) is 9.93 Å². The summed E-state index contributed by atoms with van der Waals surface area (Å²) in [5, 5.41) is 0. The van der Waals surface area contributed by atoms with Gasteiger partial charge in [0.1, 0.15) is 5.75 Å². The third-order valence-electron chi connectivity index (χ3n) is 1.67. The highest BCUT2D eigenvalue weighted by atomic mass is 32.2. The Morgan fingerprint density at radius 3 is 2.25 bits per heavy atom. The van der Waals surface area contributed by atoms with Crippen molar-refractivity contribution in [3.05, 3.63) is 24.3 Å². The lowest BCUT2D eigenvalue weighted by atomic mass is 10.3. The Bertz CT molecular complexity index is 314. The second-order valence-electron chi connectivity index (χ2n) is 3.02. The summed E-state index contributed by atoms with van der Waals surface area (Å²) in [7, 11) is -0.605. The van der Waals surface area contributed by atoms with Gasteiger partial charge in [0.2, 0.25) is 0 Å². The van der Waals surface area contributed by atoms with Gasteiger partial charge in [0.25, 0.3) is 0 Å². The van der Waals surface area contributed by atoms with E-state index in [1.165, 1.54) is 0 Å². The topological polar surface area (TPSA) is 26.3 Å². The molecule has 0 aliphatic rings. The fraction of sp³-hybridized carbons (Fsp3) is 0.333. The maximum Gasteiger partial charge on any atom is 0.132 e. The number of methoxy groups -OCH3 is 1. The first kappa shape index (κ1) is 9.26. The fourth-order valence-electron chi connectivity index (χ4n) is 1.07. The minimum absolute atomic E-state index is 0.714. The summed E-state index contributed by atoms with van der Waals surface area (Å²) >= 11 is 0. The molecule has 1 rings (SSSR count). The van der Waals surface area contributed by atoms with Crippen LogP contribution in [0.3, 0.4) is 0 Å². The van der Waals surface area contributed by atoms with E-state index in [2.05, 4.69) is 0 Å². The summed E-state index contributed by atoms with van der Waals surface area (Å²) in [6, 6.07) is 7.42. The molecule has 0 aliphatic heterocycles. The molecule has 0 saturated carbocycles. The van der Waals surface area contributed by atoms with E-state index in [1.54, 1.807) is 19.6 Å². The van der Waals surface area contributed by atoms with Gasteiger partial charge in [-0.2, -0.15) is 0 Å². The Labute approximate surface area is 74.0 Å². The van der Waals surface area contributed by atoms with Gasteiger partial charge >= 0.3 is 0 Å². The van der Waals surface area contributed by atoms with Gasteiger partial charge in [0.15, 0.2) is 0 Å². The van der Waals surface area contributed by atoms with Crippen LogP contribution in [-0.4, -0.2) is 23.8 Å². The smallest absolute Gasteiger partial charge is 0.132 e. The molecule has 1 aromatic carbocycles. The zero-order valence-electron chi connectivity index (χ0n) is 7.57. The SMILES string of the molecule is COc1ccccc1[SH](C)(C)=O. The van der Waals surface area contributed by atoms with Crippen LogP contribution < -0.4 is 4.74 Å². The van der Waals surface area contributed by atoms with E-state index in [9.17, 15) is 4.21 Å². The molecule has 0 radical (unpaired) electrons. The molecule has 0 saturated heterocycles. The summed E-state index contributed by atoms with van der Waals surface area (Å²) in [4.78, 5) is 0.813. The van der Waals surface area contributed by atoms with Gasteiger partial charge in [-0.05, 0) is 24.6 Å². The number of rotatable bonds is 2. The van der Waals surface area contributed by atoms with Gasteiger partial charge in [0, 0.05) is 0 Å². The maximum atomic E-state index is 11.7. The van der Waals surface area contributed by atoms with Crippen LogP contribution in [0, 0.1) is 0 Å². The number of thiol groups is 1. The van der Waals surface area contributed by atoms with E-state index in [1.807, 2.05) is 24.3 Å². The molecule has 0 N–H and O–H groups in total. The van der Waals surface area contributed by atoms with Crippen LogP contribution in [0.1, 0.15) is 0 Å². The van der Waals surface area contributed by atoms with Crippen LogP contribution in [0.25, 0.3) is 0 Å². The zero-order valence-corrected chi connectivity index (χ0v) is 8.47. The Kier molecular flexibility index (Phi) is 2.52. The number of para-hydroxylation sites is 1. The molecule has 1 aromatic rings. The van der Waals surface area contributed by atoms with Gasteiger partial charge in [-0.1, -0.05) is 22.1 Å². The van der Waals surface area contributed by atoms with Crippen molar-refractivity contribution in [1.29, 1.82) is 0 Å². The van der Waals surface area contributed by atoms with Crippen molar-refractivity contribution >= 4 is 9.93 Å². The molecule has 3 heteroatoms. The van der Waals surface area contributed by atoms with E-state index >= 15 is 0 Å². The van der Waals surface area contributed by atoms with Crippen LogP contribution in [0.4, 0.5) is 0 Å². The Morgan fingerprint density at radius 1 is 1.25 bits per heavy atom. The van der Waals surface area contributed by atoms with Crippen molar-refractivity contribution in [1.82, 2.24) is 0 Å². The van der Waals surface area contributed by atoms with Crippen molar-refractivity contribution in [2.24, 2.45) is 0 Å². The maximum absolute atomic E-state index is 11.7. The molecule has 0 aromatic heterocycles. The summed E-state index contributed by atoms with van der Waals surface area (Å²) in [5.74, 6) is 0.714. The predicted molar refractivity (Wildman–Crippen MR) is 52.6 cm³/mol. The fourth-order valence-corrected chi connectivity index (χ4v) is 2.22. The number of benzene rings is 1. The number of hydrogen-bond donors (Lipinski definition) is 1. The summed E-state index contributed by atoms with van der Waals surface area (Å²) < 4.78 is 16.8. The normalized spacial score (nSPS) is 12.6. The molecule has 68 valence electrons. The van der Waals surface area contributed by atoms with Gasteiger partial charge in [-0.3, -0.25) is 4.21 Å². The largest absolute Gasteiger partial charge is 0.496 e. The first-order valence-corrected chi connectivity index (χ1v) is 6.34. The third-order valence-corrected chi connectivity index (χ3v) is 3.20. The van der Waals surface area contributed by atoms with Crippen LogP contribution in [0.15, 0.2) is 29.2 Å². The van der Waals surface area contributed by atoms with Crippen molar-refractivity contribution in [3.63, 3.8) is 0 Å². The quantitative estimate of drug-likeness (QED) is 0.705. The molecular weight excluding hydrogens is 172 g/mol. The van der Waals surface area contributed by atoms with Crippen LogP contribution in [0.5, 0.6) is 5.75 Å². The standard InChI is InChI=1S/C9H14O2S/c1-11-8-6-4-5-7-9(8)12(2,3)10/h4-7,12H,1-3H3. The van der Waals surface area contributed by atoms with Gasteiger partial charge < -0.3 is 4.74 Å². The number of hydrogen-bond acceptors (Lipinski definition) is 2. The molecule has 2 nitrogen and oxygen atoms in total. The van der Waals surface area contributed by atoms with Gasteiger partial charge in [0.05, 0.1) is 12.0 Å². The molecule has 0 spiro atoms. The third kappa shape index (κ3) is 1.85. The summed E-state index contributed by atoms with van der Waals surface area (Å²) in [6.07, 6.45) is 3.48. The van der Waals surface area contributed by atoms with E-state index < -0.39 is 9.93 Å². The van der Waals surface area contributed by atoms with E-state index in [0.717, 1.165) is 4.90 Å². The highest BCUT2D eigenvalue weighted by Gasteiger charge is 2.09. The average molecular weight is 186 g/mol. The molecule has 0 bridgehead atoms. The van der Waals surface area contributed by atoms with Crippen LogP contribution in [0.2, 0.25) is 0 Å². The van der Waals surface area contributed by atoms with Crippen molar-refractivity contribution in [3.8, 4) is 5.75 Å². The lowest BCUT2D eigenvalue weighted by Crippen LogP contribution is -2.07. The van der Waals surface area contributed by atoms with E-state index in [0.29, 0.717) is 5.75 Å². The molecule has 0 unspecified atom stereocenters. The monoisotopic (exact) mass is 186 g/mol. The highest BCUT2D eigenvalue weighted by molar-refractivity contribution is 8.01. The Hall–Kier alpha value is -0.830. The van der Waals surface area contributed by atoms with Gasteiger partial charge in [-0.25, -0.2) is 0 Å². The molecule has 0 fully saturated rings.